The van der Waals surface area contributed by atoms with Crippen LogP contribution in [-0.2, 0) is 0 Å². The molecule has 0 amide bonds. The highest BCUT2D eigenvalue weighted by Crippen LogP contribution is 2.38. The summed E-state index contributed by atoms with van der Waals surface area (Å²) in [5.74, 6) is 0. The molecule has 0 spiro atoms. The highest BCUT2D eigenvalue weighted by Gasteiger charge is 2.34. The molecular weight excluding hydrogens is 162 g/mol. The van der Waals surface area contributed by atoms with Crippen LogP contribution in [0.15, 0.2) is 12.2 Å². The molecule has 2 aliphatic rings. The van der Waals surface area contributed by atoms with Crippen molar-refractivity contribution in [2.24, 2.45) is 5.41 Å². The molecule has 0 aromatic carbocycles. The Morgan fingerprint density at radius 3 is 2.31 bits per heavy atom. The lowest BCUT2D eigenvalue weighted by atomic mass is 9.87. The summed E-state index contributed by atoms with van der Waals surface area (Å²) in [6.45, 7) is 3.64. The first-order valence-electron chi connectivity index (χ1n) is 5.33. The van der Waals surface area contributed by atoms with E-state index in [1.807, 2.05) is 0 Å². The number of hydrogen-bond acceptors (Lipinski definition) is 2. The van der Waals surface area contributed by atoms with Gasteiger partial charge in [-0.15, -0.1) is 0 Å². The molecule has 1 aliphatic carbocycles. The van der Waals surface area contributed by atoms with Crippen molar-refractivity contribution in [3.8, 4) is 0 Å². The van der Waals surface area contributed by atoms with Crippen molar-refractivity contribution in [1.29, 1.82) is 0 Å². The van der Waals surface area contributed by atoms with Crippen molar-refractivity contribution < 1.29 is 5.11 Å². The van der Waals surface area contributed by atoms with E-state index < -0.39 is 0 Å². The molecule has 2 heteroatoms. The van der Waals surface area contributed by atoms with Gasteiger partial charge in [0, 0.05) is 31.7 Å². The van der Waals surface area contributed by atoms with Gasteiger partial charge in [0.1, 0.15) is 0 Å². The Hall–Kier alpha value is -0.340. The molecule has 13 heavy (non-hydrogen) atoms. The van der Waals surface area contributed by atoms with Crippen LogP contribution >= 0.6 is 0 Å². The van der Waals surface area contributed by atoms with Gasteiger partial charge in [0.2, 0.25) is 0 Å². The normalized spacial score (nSPS) is 27.2. The predicted octanol–water partition coefficient (Wildman–Crippen LogP) is 1.41. The van der Waals surface area contributed by atoms with Gasteiger partial charge in [0.15, 0.2) is 0 Å². The number of hydrogen-bond donors (Lipinski definition) is 1. The van der Waals surface area contributed by atoms with E-state index in [0.717, 1.165) is 19.6 Å². The molecule has 0 aromatic heterocycles. The largest absolute Gasteiger partial charge is 0.396 e. The zero-order chi connectivity index (χ0) is 9.15. The number of aliphatic hydroxyl groups is 1. The molecule has 0 aromatic rings. The quantitative estimate of drug-likeness (QED) is 0.665. The lowest BCUT2D eigenvalue weighted by molar-refractivity contribution is 0.0903. The third-order valence-corrected chi connectivity index (χ3v) is 3.45. The van der Waals surface area contributed by atoms with Crippen LogP contribution < -0.4 is 0 Å². The molecule has 1 heterocycles. The standard InChI is InChI=1S/C11H19NO/c13-10-11(5-1-2-6-11)9-12-7-3-4-8-12/h3-4,13H,1-2,5-10H2. The van der Waals surface area contributed by atoms with E-state index in [0.29, 0.717) is 6.61 Å². The van der Waals surface area contributed by atoms with Crippen LogP contribution in [0.25, 0.3) is 0 Å². The summed E-state index contributed by atoms with van der Waals surface area (Å²) in [6, 6.07) is 0. The summed E-state index contributed by atoms with van der Waals surface area (Å²) in [5.41, 5.74) is 0.242. The molecule has 1 fully saturated rings. The van der Waals surface area contributed by atoms with Gasteiger partial charge in [-0.1, -0.05) is 25.0 Å². The molecule has 0 unspecified atom stereocenters. The molecule has 1 aliphatic heterocycles. The Morgan fingerprint density at radius 1 is 1.15 bits per heavy atom. The van der Waals surface area contributed by atoms with Crippen molar-refractivity contribution in [1.82, 2.24) is 4.90 Å². The highest BCUT2D eigenvalue weighted by molar-refractivity contribution is 4.98. The topological polar surface area (TPSA) is 23.5 Å². The zero-order valence-corrected chi connectivity index (χ0v) is 8.21. The maximum Gasteiger partial charge on any atom is 0.0499 e. The number of nitrogens with zero attached hydrogens (tertiary/aromatic N) is 1. The average molecular weight is 181 g/mol. The first-order chi connectivity index (χ1) is 6.35. The summed E-state index contributed by atoms with van der Waals surface area (Å²) < 4.78 is 0. The van der Waals surface area contributed by atoms with Crippen LogP contribution in [-0.4, -0.2) is 36.2 Å². The van der Waals surface area contributed by atoms with E-state index in [4.69, 9.17) is 0 Å². The van der Waals surface area contributed by atoms with Crippen LogP contribution in [0.4, 0.5) is 0 Å². The summed E-state index contributed by atoms with van der Waals surface area (Å²) >= 11 is 0. The van der Waals surface area contributed by atoms with Gasteiger partial charge in [0.05, 0.1) is 0 Å². The van der Waals surface area contributed by atoms with Gasteiger partial charge in [-0.3, -0.25) is 4.90 Å². The molecule has 1 saturated carbocycles. The second-order valence-electron chi connectivity index (χ2n) is 4.53. The van der Waals surface area contributed by atoms with Crippen molar-refractivity contribution in [3.05, 3.63) is 12.2 Å². The van der Waals surface area contributed by atoms with Gasteiger partial charge in [-0.05, 0) is 12.8 Å². The minimum absolute atomic E-state index is 0.242. The second kappa shape index (κ2) is 3.81. The van der Waals surface area contributed by atoms with E-state index in [9.17, 15) is 5.11 Å². The molecule has 0 saturated heterocycles. The third-order valence-electron chi connectivity index (χ3n) is 3.45. The Bertz CT molecular complexity index is 186. The molecule has 74 valence electrons. The number of rotatable bonds is 3. The summed E-state index contributed by atoms with van der Waals surface area (Å²) in [6.07, 6.45) is 9.50. The molecule has 0 bridgehead atoms. The van der Waals surface area contributed by atoms with Crippen molar-refractivity contribution in [2.45, 2.75) is 25.7 Å². The Kier molecular flexibility index (Phi) is 2.70. The summed E-state index contributed by atoms with van der Waals surface area (Å²) in [7, 11) is 0. The first kappa shape index (κ1) is 9.22. The van der Waals surface area contributed by atoms with Crippen LogP contribution in [0, 0.1) is 5.41 Å². The fourth-order valence-corrected chi connectivity index (χ4v) is 2.62. The predicted molar refractivity (Wildman–Crippen MR) is 53.6 cm³/mol. The minimum atomic E-state index is 0.242. The SMILES string of the molecule is OCC1(CN2CC=CC2)CCCC1. The van der Waals surface area contributed by atoms with E-state index in [1.165, 1.54) is 25.7 Å². The van der Waals surface area contributed by atoms with E-state index >= 15 is 0 Å². The fraction of sp³-hybridized carbons (Fsp3) is 0.818. The Morgan fingerprint density at radius 2 is 1.77 bits per heavy atom. The van der Waals surface area contributed by atoms with Gasteiger partial charge >= 0.3 is 0 Å². The summed E-state index contributed by atoms with van der Waals surface area (Å²) in [4.78, 5) is 2.43. The van der Waals surface area contributed by atoms with E-state index in [2.05, 4.69) is 17.1 Å². The van der Waals surface area contributed by atoms with Crippen LogP contribution in [0.5, 0.6) is 0 Å². The van der Waals surface area contributed by atoms with E-state index in [1.54, 1.807) is 0 Å². The summed E-state index contributed by atoms with van der Waals surface area (Å²) in [5, 5.41) is 9.43. The van der Waals surface area contributed by atoms with Crippen molar-refractivity contribution >= 4 is 0 Å². The maximum atomic E-state index is 9.43. The Labute approximate surface area is 80.2 Å². The zero-order valence-electron chi connectivity index (χ0n) is 8.21. The molecule has 0 atom stereocenters. The monoisotopic (exact) mass is 181 g/mol. The molecule has 1 N–H and O–H groups in total. The smallest absolute Gasteiger partial charge is 0.0499 e. The van der Waals surface area contributed by atoms with Crippen molar-refractivity contribution in [3.63, 3.8) is 0 Å². The third kappa shape index (κ3) is 1.94. The molecule has 2 nitrogen and oxygen atoms in total. The van der Waals surface area contributed by atoms with Crippen molar-refractivity contribution in [2.75, 3.05) is 26.2 Å². The van der Waals surface area contributed by atoms with Crippen LogP contribution in [0.3, 0.4) is 0 Å². The number of aliphatic hydroxyl groups excluding tert-OH is 1. The van der Waals surface area contributed by atoms with Gasteiger partial charge in [0.25, 0.3) is 0 Å². The Balaban J connectivity index is 1.89. The first-order valence-corrected chi connectivity index (χ1v) is 5.33. The average Bonchev–Trinajstić information content (AvgIpc) is 2.77. The van der Waals surface area contributed by atoms with Crippen LogP contribution in [0.1, 0.15) is 25.7 Å². The molecule has 0 radical (unpaired) electrons. The van der Waals surface area contributed by atoms with E-state index in [-0.39, 0.29) is 5.41 Å². The van der Waals surface area contributed by atoms with Gasteiger partial charge in [-0.25, -0.2) is 0 Å². The van der Waals surface area contributed by atoms with Gasteiger partial charge in [-0.2, -0.15) is 0 Å². The fourth-order valence-electron chi connectivity index (χ4n) is 2.62. The lowest BCUT2D eigenvalue weighted by Crippen LogP contribution is -2.37. The lowest BCUT2D eigenvalue weighted by Gasteiger charge is -2.31. The van der Waals surface area contributed by atoms with Gasteiger partial charge < -0.3 is 5.11 Å². The van der Waals surface area contributed by atoms with Crippen LogP contribution in [0.2, 0.25) is 0 Å². The molecular formula is C11H19NO. The highest BCUT2D eigenvalue weighted by atomic mass is 16.3. The second-order valence-corrected chi connectivity index (χ2v) is 4.53. The maximum absolute atomic E-state index is 9.43. The minimum Gasteiger partial charge on any atom is -0.396 e. The molecule has 2 rings (SSSR count).